The molecule has 3 nitrogen and oxygen atoms in total. The van der Waals surface area contributed by atoms with Crippen molar-refractivity contribution in [1.82, 2.24) is 4.98 Å². The van der Waals surface area contributed by atoms with E-state index in [0.29, 0.717) is 17.5 Å². The fraction of sp³-hybridized carbons (Fsp3) is 0.429. The lowest BCUT2D eigenvalue weighted by Crippen LogP contribution is -2.11. The average molecular weight is 373 g/mol. The predicted molar refractivity (Wildman–Crippen MR) is 89.8 cm³/mol. The number of nitrogens with one attached hydrogen (secondary N) is 1. The molecule has 0 fully saturated rings. The summed E-state index contributed by atoms with van der Waals surface area (Å²) in [5, 5.41) is 5.58. The molecule has 0 unspecified atom stereocenters. The van der Waals surface area contributed by atoms with Crippen LogP contribution in [0.2, 0.25) is 0 Å². The summed E-state index contributed by atoms with van der Waals surface area (Å²) in [5.74, 6) is 0.444. The van der Waals surface area contributed by atoms with Crippen molar-refractivity contribution in [2.24, 2.45) is 0 Å². The van der Waals surface area contributed by atoms with Crippen molar-refractivity contribution in [3.8, 4) is 0 Å². The molecule has 1 amide bonds. The Morgan fingerprint density at radius 2 is 2.25 bits per heavy atom. The van der Waals surface area contributed by atoms with E-state index in [0.717, 1.165) is 22.3 Å². The van der Waals surface area contributed by atoms with Crippen molar-refractivity contribution in [2.45, 2.75) is 39.0 Å². The van der Waals surface area contributed by atoms with Crippen LogP contribution in [0.5, 0.6) is 0 Å². The maximum atomic E-state index is 11.8. The highest BCUT2D eigenvalue weighted by Crippen LogP contribution is 2.24. The maximum absolute atomic E-state index is 11.8. The molecule has 0 saturated carbocycles. The van der Waals surface area contributed by atoms with Crippen LogP contribution < -0.4 is 5.32 Å². The van der Waals surface area contributed by atoms with Gasteiger partial charge in [-0.25, -0.2) is 4.98 Å². The molecule has 2 rings (SSSR count). The Morgan fingerprint density at radius 3 is 2.85 bits per heavy atom. The van der Waals surface area contributed by atoms with Crippen LogP contribution in [0, 0.1) is 0 Å². The third-order valence-electron chi connectivity index (χ3n) is 2.82. The van der Waals surface area contributed by atoms with E-state index < -0.39 is 0 Å². The first-order chi connectivity index (χ1) is 9.54. The molecular weight excluding hydrogens is 356 g/mol. The number of hydrogen-bond donors (Lipinski definition) is 1. The highest BCUT2D eigenvalue weighted by molar-refractivity contribution is 9.11. The minimum absolute atomic E-state index is 0.0466. The molecule has 0 aromatic carbocycles. The van der Waals surface area contributed by atoms with Crippen molar-refractivity contribution in [3.05, 3.63) is 31.9 Å². The number of carbonyl (C=O) groups excluding carboxylic acids is 1. The summed E-state index contributed by atoms with van der Waals surface area (Å²) in [6.07, 6.45) is 2.34. The quantitative estimate of drug-likeness (QED) is 0.770. The van der Waals surface area contributed by atoms with E-state index in [1.54, 1.807) is 11.3 Å². The molecular formula is C14H17BrN2OS2. The van der Waals surface area contributed by atoms with E-state index in [1.807, 2.05) is 11.4 Å². The summed E-state index contributed by atoms with van der Waals surface area (Å²) >= 11 is 6.66. The number of hydrogen-bond acceptors (Lipinski definition) is 4. The molecule has 0 aliphatic carbocycles. The number of aryl methyl sites for hydroxylation is 1. The first-order valence-electron chi connectivity index (χ1n) is 6.54. The fourth-order valence-corrected chi connectivity index (χ4v) is 4.11. The largest absolute Gasteiger partial charge is 0.302 e. The number of rotatable bonds is 6. The van der Waals surface area contributed by atoms with Crippen molar-refractivity contribution in [2.75, 3.05) is 5.32 Å². The molecule has 0 atom stereocenters. The molecule has 108 valence electrons. The van der Waals surface area contributed by atoms with Crippen LogP contribution in [0.1, 0.15) is 43.2 Å². The van der Waals surface area contributed by atoms with Crippen LogP contribution in [0.4, 0.5) is 5.13 Å². The van der Waals surface area contributed by atoms with Gasteiger partial charge in [-0.2, -0.15) is 0 Å². The van der Waals surface area contributed by atoms with Crippen molar-refractivity contribution in [3.63, 3.8) is 0 Å². The van der Waals surface area contributed by atoms with Crippen LogP contribution in [0.15, 0.2) is 21.3 Å². The normalized spacial score (nSPS) is 11.0. The first kappa shape index (κ1) is 15.7. The van der Waals surface area contributed by atoms with Gasteiger partial charge in [-0.1, -0.05) is 13.8 Å². The van der Waals surface area contributed by atoms with Gasteiger partial charge < -0.3 is 5.32 Å². The number of amides is 1. The topological polar surface area (TPSA) is 42.0 Å². The minimum Gasteiger partial charge on any atom is -0.302 e. The van der Waals surface area contributed by atoms with Gasteiger partial charge in [0.15, 0.2) is 5.13 Å². The molecule has 0 radical (unpaired) electrons. The summed E-state index contributed by atoms with van der Waals surface area (Å²) in [5.41, 5.74) is 1.04. The van der Waals surface area contributed by atoms with Gasteiger partial charge in [0.05, 0.1) is 9.48 Å². The van der Waals surface area contributed by atoms with Gasteiger partial charge in [0.25, 0.3) is 0 Å². The van der Waals surface area contributed by atoms with Gasteiger partial charge in [0.2, 0.25) is 5.91 Å². The van der Waals surface area contributed by atoms with Crippen LogP contribution >= 0.6 is 38.6 Å². The summed E-state index contributed by atoms with van der Waals surface area (Å²) < 4.78 is 1.14. The Bertz CT molecular complexity index is 577. The highest BCUT2D eigenvalue weighted by Gasteiger charge is 2.09. The number of carbonyl (C=O) groups is 1. The molecule has 0 bridgehead atoms. The second-order valence-corrected chi connectivity index (χ2v) is 8.25. The number of aromatic nitrogens is 1. The van der Waals surface area contributed by atoms with Gasteiger partial charge in [0.1, 0.15) is 0 Å². The monoisotopic (exact) mass is 372 g/mol. The molecule has 0 saturated heterocycles. The van der Waals surface area contributed by atoms with Gasteiger partial charge in [-0.15, -0.1) is 22.7 Å². The van der Waals surface area contributed by atoms with Gasteiger partial charge in [-0.05, 0) is 46.8 Å². The number of thiophene rings is 1. The number of nitrogens with zero attached hydrogens (tertiary/aromatic N) is 1. The second kappa shape index (κ2) is 7.33. The van der Waals surface area contributed by atoms with E-state index in [1.165, 1.54) is 16.2 Å². The second-order valence-electron chi connectivity index (χ2n) is 4.84. The standard InChI is InChI=1S/C14H17BrN2OS2/c1-9(2)11-8-19-14(16-11)17-13(18)5-3-4-10-6-7-12(15)20-10/h6-9H,3-5H2,1-2H3,(H,16,17,18). The van der Waals surface area contributed by atoms with Crippen LogP contribution in [0.25, 0.3) is 0 Å². The molecule has 0 aliphatic heterocycles. The minimum atomic E-state index is 0.0466. The van der Waals surface area contributed by atoms with E-state index >= 15 is 0 Å². The first-order valence-corrected chi connectivity index (χ1v) is 9.03. The smallest absolute Gasteiger partial charge is 0.226 e. The van der Waals surface area contributed by atoms with E-state index in [9.17, 15) is 4.79 Å². The zero-order valence-electron chi connectivity index (χ0n) is 11.5. The molecule has 2 aromatic heterocycles. The van der Waals surface area contributed by atoms with E-state index in [-0.39, 0.29) is 5.91 Å². The Balaban J connectivity index is 1.74. The Morgan fingerprint density at radius 1 is 1.45 bits per heavy atom. The Hall–Kier alpha value is -0.720. The Labute approximate surface area is 135 Å². The number of halogens is 1. The zero-order chi connectivity index (χ0) is 14.5. The highest BCUT2D eigenvalue weighted by atomic mass is 79.9. The molecule has 2 aromatic rings. The molecule has 0 aliphatic rings. The summed E-state index contributed by atoms with van der Waals surface area (Å²) in [7, 11) is 0. The lowest BCUT2D eigenvalue weighted by atomic mass is 10.2. The molecule has 6 heteroatoms. The molecule has 1 N–H and O–H groups in total. The van der Waals surface area contributed by atoms with Crippen molar-refractivity contribution < 1.29 is 4.79 Å². The SMILES string of the molecule is CC(C)c1csc(NC(=O)CCCc2ccc(Br)s2)n1. The van der Waals surface area contributed by atoms with Crippen LogP contribution in [0.3, 0.4) is 0 Å². The van der Waals surface area contributed by atoms with E-state index in [2.05, 4.69) is 46.1 Å². The summed E-state index contributed by atoms with van der Waals surface area (Å²) in [4.78, 5) is 17.5. The summed E-state index contributed by atoms with van der Waals surface area (Å²) in [6.45, 7) is 4.19. The lowest BCUT2D eigenvalue weighted by molar-refractivity contribution is -0.116. The van der Waals surface area contributed by atoms with Gasteiger partial charge in [-0.3, -0.25) is 4.79 Å². The predicted octanol–water partition coefficient (Wildman–Crippen LogP) is 5.05. The molecule has 2 heterocycles. The van der Waals surface area contributed by atoms with Crippen molar-refractivity contribution in [1.29, 1.82) is 0 Å². The fourth-order valence-electron chi connectivity index (χ4n) is 1.70. The Kier molecular flexibility index (Phi) is 5.74. The van der Waals surface area contributed by atoms with Crippen LogP contribution in [-0.4, -0.2) is 10.9 Å². The summed E-state index contributed by atoms with van der Waals surface area (Å²) in [6, 6.07) is 4.14. The number of thiazole rings is 1. The van der Waals surface area contributed by atoms with Crippen LogP contribution in [-0.2, 0) is 11.2 Å². The van der Waals surface area contributed by atoms with Crippen molar-refractivity contribution >= 4 is 49.6 Å². The third kappa shape index (κ3) is 4.68. The van der Waals surface area contributed by atoms with Gasteiger partial charge in [0, 0.05) is 16.7 Å². The van der Waals surface area contributed by atoms with Gasteiger partial charge >= 0.3 is 0 Å². The molecule has 20 heavy (non-hydrogen) atoms. The van der Waals surface area contributed by atoms with E-state index in [4.69, 9.17) is 0 Å². The maximum Gasteiger partial charge on any atom is 0.226 e. The number of anilines is 1. The lowest BCUT2D eigenvalue weighted by Gasteiger charge is -2.01. The average Bonchev–Trinajstić information content (AvgIpc) is 2.99. The zero-order valence-corrected chi connectivity index (χ0v) is 14.7. The molecule has 0 spiro atoms. The third-order valence-corrected chi connectivity index (χ3v) is 5.28.